The van der Waals surface area contributed by atoms with Crippen molar-refractivity contribution in [3.63, 3.8) is 0 Å². The van der Waals surface area contributed by atoms with Crippen molar-refractivity contribution in [1.82, 2.24) is 20.1 Å². The molecule has 14 heavy (non-hydrogen) atoms. The highest BCUT2D eigenvalue weighted by molar-refractivity contribution is 4.94. The highest BCUT2D eigenvalue weighted by Gasteiger charge is 2.28. The lowest BCUT2D eigenvalue weighted by molar-refractivity contribution is 0.211. The van der Waals surface area contributed by atoms with E-state index in [-0.39, 0.29) is 6.04 Å². The molecule has 0 radical (unpaired) electrons. The zero-order valence-corrected chi connectivity index (χ0v) is 9.07. The first-order valence-corrected chi connectivity index (χ1v) is 5.28. The van der Waals surface area contributed by atoms with E-state index in [2.05, 4.69) is 29.2 Å². The number of aryl methyl sites for hydroxylation is 1. The third-order valence-corrected chi connectivity index (χ3v) is 3.09. The van der Waals surface area contributed by atoms with Crippen LogP contribution in [0.25, 0.3) is 0 Å². The molecule has 1 fully saturated rings. The average Bonchev–Trinajstić information content (AvgIpc) is 2.58. The third-order valence-electron chi connectivity index (χ3n) is 3.09. The van der Waals surface area contributed by atoms with Crippen LogP contribution in [0.2, 0.25) is 0 Å². The smallest absolute Gasteiger partial charge is 0.167 e. The number of rotatable bonds is 3. The molecule has 0 aromatic carbocycles. The van der Waals surface area contributed by atoms with E-state index < -0.39 is 0 Å². The van der Waals surface area contributed by atoms with Gasteiger partial charge in [-0.3, -0.25) is 4.68 Å². The normalized spacial score (nSPS) is 28.5. The summed E-state index contributed by atoms with van der Waals surface area (Å²) in [5, 5.41) is 7.85. The Balaban J connectivity index is 1.92. The monoisotopic (exact) mass is 194 g/mol. The van der Waals surface area contributed by atoms with Crippen LogP contribution < -0.4 is 5.32 Å². The number of aromatic nitrogens is 3. The van der Waals surface area contributed by atoms with Crippen LogP contribution in [-0.2, 0) is 7.05 Å². The predicted molar refractivity (Wildman–Crippen MR) is 54.7 cm³/mol. The summed E-state index contributed by atoms with van der Waals surface area (Å²) in [4.78, 5) is 4.24. The van der Waals surface area contributed by atoms with Crippen molar-refractivity contribution in [2.45, 2.75) is 38.8 Å². The summed E-state index contributed by atoms with van der Waals surface area (Å²) in [5.74, 6) is 1.70. The second-order valence-corrected chi connectivity index (χ2v) is 4.33. The topological polar surface area (TPSA) is 42.7 Å². The van der Waals surface area contributed by atoms with E-state index in [9.17, 15) is 0 Å². The summed E-state index contributed by atoms with van der Waals surface area (Å²) in [6.45, 7) is 4.42. The maximum atomic E-state index is 4.29. The Labute approximate surface area is 84.7 Å². The fourth-order valence-corrected chi connectivity index (χ4v) is 1.86. The Bertz CT molecular complexity index is 307. The van der Waals surface area contributed by atoms with E-state index in [0.717, 1.165) is 11.7 Å². The molecule has 1 N–H and O–H groups in total. The maximum Gasteiger partial charge on any atom is 0.167 e. The molecule has 1 aliphatic rings. The van der Waals surface area contributed by atoms with Gasteiger partial charge in [0.2, 0.25) is 0 Å². The number of hydrogen-bond acceptors (Lipinski definition) is 3. The molecule has 78 valence electrons. The van der Waals surface area contributed by atoms with E-state index in [1.54, 1.807) is 11.0 Å². The Kier molecular flexibility index (Phi) is 2.54. The molecule has 1 saturated carbocycles. The Morgan fingerprint density at radius 3 is 2.79 bits per heavy atom. The van der Waals surface area contributed by atoms with E-state index in [1.165, 1.54) is 12.8 Å². The first kappa shape index (κ1) is 9.65. The molecule has 0 bridgehead atoms. The van der Waals surface area contributed by atoms with Gasteiger partial charge in [-0.1, -0.05) is 6.92 Å². The lowest BCUT2D eigenvalue weighted by Crippen LogP contribution is -2.43. The Morgan fingerprint density at radius 1 is 1.57 bits per heavy atom. The van der Waals surface area contributed by atoms with Crippen LogP contribution in [0, 0.1) is 5.92 Å². The molecule has 0 amide bonds. The van der Waals surface area contributed by atoms with Gasteiger partial charge in [0.1, 0.15) is 6.33 Å². The summed E-state index contributed by atoms with van der Waals surface area (Å²) in [7, 11) is 1.90. The molecule has 1 heterocycles. The number of hydrogen-bond donors (Lipinski definition) is 1. The van der Waals surface area contributed by atoms with Gasteiger partial charge in [-0.15, -0.1) is 0 Å². The molecule has 1 aromatic rings. The molecule has 4 heteroatoms. The summed E-state index contributed by atoms with van der Waals surface area (Å²) in [6.07, 6.45) is 4.39. The lowest BCUT2D eigenvalue weighted by Gasteiger charge is -2.36. The molecule has 0 saturated heterocycles. The van der Waals surface area contributed by atoms with Crippen molar-refractivity contribution in [1.29, 1.82) is 0 Å². The van der Waals surface area contributed by atoms with Crippen molar-refractivity contribution in [2.75, 3.05) is 0 Å². The molecular formula is C10H18N4. The minimum Gasteiger partial charge on any atom is -0.304 e. The van der Waals surface area contributed by atoms with Crippen LogP contribution in [-0.4, -0.2) is 20.8 Å². The maximum absolute atomic E-state index is 4.29. The van der Waals surface area contributed by atoms with Crippen molar-refractivity contribution < 1.29 is 0 Å². The Hall–Kier alpha value is -0.900. The summed E-state index contributed by atoms with van der Waals surface area (Å²) in [6, 6.07) is 0.928. The van der Waals surface area contributed by atoms with E-state index >= 15 is 0 Å². The van der Waals surface area contributed by atoms with Crippen LogP contribution in [0.15, 0.2) is 6.33 Å². The largest absolute Gasteiger partial charge is 0.304 e. The van der Waals surface area contributed by atoms with Gasteiger partial charge in [0.25, 0.3) is 0 Å². The number of nitrogens with one attached hydrogen (secondary N) is 1. The van der Waals surface area contributed by atoms with Gasteiger partial charge in [-0.2, -0.15) is 5.10 Å². The van der Waals surface area contributed by atoms with Crippen molar-refractivity contribution in [3.05, 3.63) is 12.2 Å². The first-order valence-electron chi connectivity index (χ1n) is 5.28. The second-order valence-electron chi connectivity index (χ2n) is 4.33. The highest BCUT2D eigenvalue weighted by Crippen LogP contribution is 2.28. The van der Waals surface area contributed by atoms with Crippen molar-refractivity contribution >= 4 is 0 Å². The van der Waals surface area contributed by atoms with Gasteiger partial charge in [-0.25, -0.2) is 4.98 Å². The first-order chi connectivity index (χ1) is 6.66. The molecule has 3 atom stereocenters. The molecule has 4 nitrogen and oxygen atoms in total. The molecule has 0 spiro atoms. The van der Waals surface area contributed by atoms with Gasteiger partial charge in [0.15, 0.2) is 5.82 Å². The second kappa shape index (κ2) is 3.69. The summed E-state index contributed by atoms with van der Waals surface area (Å²) < 4.78 is 1.75. The van der Waals surface area contributed by atoms with Crippen LogP contribution in [0.1, 0.15) is 38.6 Å². The molecule has 1 aliphatic carbocycles. The van der Waals surface area contributed by atoms with Crippen LogP contribution in [0.4, 0.5) is 0 Å². The molecule has 1 aromatic heterocycles. The van der Waals surface area contributed by atoms with Crippen LogP contribution in [0.5, 0.6) is 0 Å². The Morgan fingerprint density at radius 2 is 2.36 bits per heavy atom. The minimum absolute atomic E-state index is 0.268. The van der Waals surface area contributed by atoms with E-state index in [1.807, 2.05) is 7.05 Å². The highest BCUT2D eigenvalue weighted by atomic mass is 15.3. The average molecular weight is 194 g/mol. The quantitative estimate of drug-likeness (QED) is 0.787. The van der Waals surface area contributed by atoms with Crippen molar-refractivity contribution in [2.24, 2.45) is 13.0 Å². The van der Waals surface area contributed by atoms with Gasteiger partial charge < -0.3 is 5.32 Å². The van der Waals surface area contributed by atoms with Crippen LogP contribution >= 0.6 is 0 Å². The third kappa shape index (κ3) is 1.80. The van der Waals surface area contributed by atoms with E-state index in [0.29, 0.717) is 6.04 Å². The van der Waals surface area contributed by atoms with Crippen LogP contribution in [0.3, 0.4) is 0 Å². The number of nitrogens with zero attached hydrogens (tertiary/aromatic N) is 3. The lowest BCUT2D eigenvalue weighted by atomic mass is 9.81. The SMILES string of the molecule is CC(NC1CCC1C)c1ncn(C)n1. The van der Waals surface area contributed by atoms with Gasteiger partial charge in [-0.05, 0) is 25.7 Å². The van der Waals surface area contributed by atoms with Gasteiger partial charge in [0, 0.05) is 13.1 Å². The van der Waals surface area contributed by atoms with Gasteiger partial charge in [0.05, 0.1) is 6.04 Å². The van der Waals surface area contributed by atoms with E-state index in [4.69, 9.17) is 0 Å². The van der Waals surface area contributed by atoms with Gasteiger partial charge >= 0.3 is 0 Å². The molecule has 3 unspecified atom stereocenters. The molecule has 0 aliphatic heterocycles. The summed E-state index contributed by atoms with van der Waals surface area (Å²) >= 11 is 0. The zero-order valence-electron chi connectivity index (χ0n) is 9.07. The minimum atomic E-state index is 0.268. The predicted octanol–water partition coefficient (Wildman–Crippen LogP) is 1.26. The molecular weight excluding hydrogens is 176 g/mol. The standard InChI is InChI=1S/C10H18N4/c1-7-4-5-9(7)12-8(2)10-11-6-14(3)13-10/h6-9,12H,4-5H2,1-3H3. The molecule has 2 rings (SSSR count). The van der Waals surface area contributed by atoms with Crippen molar-refractivity contribution in [3.8, 4) is 0 Å². The zero-order chi connectivity index (χ0) is 10.1. The summed E-state index contributed by atoms with van der Waals surface area (Å²) in [5.41, 5.74) is 0. The fourth-order valence-electron chi connectivity index (χ4n) is 1.86. The fraction of sp³-hybridized carbons (Fsp3) is 0.800.